The maximum Gasteiger partial charge on any atom is 0.261 e. The zero-order chi connectivity index (χ0) is 15.6. The molecule has 0 aromatic carbocycles. The fourth-order valence-corrected chi connectivity index (χ4v) is 5.28. The molecule has 7 heteroatoms. The molecule has 0 aliphatic carbocycles. The van der Waals surface area contributed by atoms with Gasteiger partial charge in [0.2, 0.25) is 10.0 Å². The summed E-state index contributed by atoms with van der Waals surface area (Å²) in [7, 11) is -3.45. The highest BCUT2D eigenvalue weighted by atomic mass is 32.2. The number of rotatable bonds is 5. The third-order valence-corrected chi connectivity index (χ3v) is 6.97. The lowest BCUT2D eigenvalue weighted by molar-refractivity contribution is 0.0943. The lowest BCUT2D eigenvalue weighted by Crippen LogP contribution is -2.31. The third-order valence-electron chi connectivity index (χ3n) is 3.77. The van der Waals surface area contributed by atoms with Crippen LogP contribution < -0.4 is 5.32 Å². The van der Waals surface area contributed by atoms with Crippen molar-refractivity contribution in [2.45, 2.75) is 51.0 Å². The van der Waals surface area contributed by atoms with E-state index in [0.29, 0.717) is 22.8 Å². The Hall–Kier alpha value is -0.920. The zero-order valence-electron chi connectivity index (χ0n) is 12.7. The highest BCUT2D eigenvalue weighted by molar-refractivity contribution is 7.89. The minimum atomic E-state index is -3.45. The number of sulfonamides is 1. The zero-order valence-corrected chi connectivity index (χ0v) is 14.3. The van der Waals surface area contributed by atoms with E-state index >= 15 is 0 Å². The van der Waals surface area contributed by atoms with Gasteiger partial charge >= 0.3 is 0 Å². The highest BCUT2D eigenvalue weighted by Gasteiger charge is 2.30. The molecule has 1 saturated heterocycles. The summed E-state index contributed by atoms with van der Waals surface area (Å²) in [6.07, 6.45) is 2.66. The van der Waals surface area contributed by atoms with E-state index < -0.39 is 10.0 Å². The van der Waals surface area contributed by atoms with Crippen molar-refractivity contribution in [3.8, 4) is 0 Å². The fourth-order valence-electron chi connectivity index (χ4n) is 2.30. The van der Waals surface area contributed by atoms with Crippen LogP contribution in [0.25, 0.3) is 0 Å². The molecule has 2 rings (SSSR count). The molecule has 21 heavy (non-hydrogen) atoms. The maximum absolute atomic E-state index is 12.6. The van der Waals surface area contributed by atoms with Crippen LogP contribution in [0.3, 0.4) is 0 Å². The molecule has 1 amide bonds. The van der Waals surface area contributed by atoms with Gasteiger partial charge in [0, 0.05) is 24.0 Å². The Labute approximate surface area is 130 Å². The standard InChI is InChI=1S/C14H22N2O3S2/c1-4-10(2)15-14(17)12-9-13(11(3)20-12)21(18,19)16-7-5-6-8-16/h9-10H,4-8H2,1-3H3,(H,15,17). The molecule has 1 aliphatic rings. The van der Waals surface area contributed by atoms with Crippen molar-refractivity contribution >= 4 is 27.3 Å². The van der Waals surface area contributed by atoms with E-state index in [0.717, 1.165) is 19.3 Å². The molecule has 2 heterocycles. The predicted octanol–water partition coefficient (Wildman–Crippen LogP) is 2.37. The number of carbonyl (C=O) groups excluding carboxylic acids is 1. The van der Waals surface area contributed by atoms with Crippen LogP contribution in [0.5, 0.6) is 0 Å². The first-order valence-corrected chi connectivity index (χ1v) is 9.53. The molecule has 0 radical (unpaired) electrons. The Morgan fingerprint density at radius 3 is 2.62 bits per heavy atom. The van der Waals surface area contributed by atoms with Crippen molar-refractivity contribution in [2.75, 3.05) is 13.1 Å². The SMILES string of the molecule is CCC(C)NC(=O)c1cc(S(=O)(=O)N2CCCC2)c(C)s1. The quantitative estimate of drug-likeness (QED) is 0.901. The van der Waals surface area contributed by atoms with Crippen LogP contribution in [-0.4, -0.2) is 37.8 Å². The minimum absolute atomic E-state index is 0.0820. The molecule has 0 saturated carbocycles. The lowest BCUT2D eigenvalue weighted by atomic mass is 10.2. The summed E-state index contributed by atoms with van der Waals surface area (Å²) in [5.41, 5.74) is 0. The Morgan fingerprint density at radius 2 is 2.05 bits per heavy atom. The van der Waals surface area contributed by atoms with Crippen LogP contribution in [0.4, 0.5) is 0 Å². The molecule has 0 spiro atoms. The molecule has 118 valence electrons. The third kappa shape index (κ3) is 3.46. The van der Waals surface area contributed by atoms with Crippen LogP contribution in [-0.2, 0) is 10.0 Å². The van der Waals surface area contributed by atoms with Crippen molar-refractivity contribution in [1.29, 1.82) is 0 Å². The summed E-state index contributed by atoms with van der Waals surface area (Å²) in [5, 5.41) is 2.87. The molecule has 1 aromatic heterocycles. The molecular formula is C14H22N2O3S2. The summed E-state index contributed by atoms with van der Waals surface area (Å²) in [6, 6.07) is 1.60. The average molecular weight is 330 g/mol. The molecule has 0 bridgehead atoms. The van der Waals surface area contributed by atoms with Crippen LogP contribution >= 0.6 is 11.3 Å². The molecule has 1 aromatic rings. The largest absolute Gasteiger partial charge is 0.349 e. The van der Waals surface area contributed by atoms with Crippen molar-refractivity contribution in [1.82, 2.24) is 9.62 Å². The molecule has 1 fully saturated rings. The van der Waals surface area contributed by atoms with Gasteiger partial charge in [0.1, 0.15) is 0 Å². The summed E-state index contributed by atoms with van der Waals surface area (Å²) in [6.45, 7) is 6.83. The summed E-state index contributed by atoms with van der Waals surface area (Å²) < 4.78 is 26.7. The van der Waals surface area contributed by atoms with E-state index in [-0.39, 0.29) is 16.8 Å². The van der Waals surface area contributed by atoms with Crippen molar-refractivity contribution < 1.29 is 13.2 Å². The van der Waals surface area contributed by atoms with Gasteiger partial charge in [-0.1, -0.05) is 6.92 Å². The van der Waals surface area contributed by atoms with Gasteiger partial charge in [-0.2, -0.15) is 4.31 Å². The van der Waals surface area contributed by atoms with Gasteiger partial charge in [-0.25, -0.2) is 8.42 Å². The van der Waals surface area contributed by atoms with Crippen molar-refractivity contribution in [2.24, 2.45) is 0 Å². The second-order valence-corrected chi connectivity index (χ2v) is 8.59. The molecule has 1 N–H and O–H groups in total. The van der Waals surface area contributed by atoms with E-state index in [2.05, 4.69) is 5.32 Å². The summed E-state index contributed by atoms with van der Waals surface area (Å²) >= 11 is 1.24. The van der Waals surface area contributed by atoms with Gasteiger partial charge in [-0.3, -0.25) is 4.79 Å². The molecule has 5 nitrogen and oxygen atoms in total. The molecule has 1 atom stereocenters. The van der Waals surface area contributed by atoms with Gasteiger partial charge in [0.05, 0.1) is 9.77 Å². The Kier molecular flexibility index (Phi) is 5.06. The first-order valence-electron chi connectivity index (χ1n) is 7.27. The lowest BCUT2D eigenvalue weighted by Gasteiger charge is -2.14. The van der Waals surface area contributed by atoms with Gasteiger partial charge in [0.15, 0.2) is 0 Å². The minimum Gasteiger partial charge on any atom is -0.349 e. The van der Waals surface area contributed by atoms with Crippen molar-refractivity contribution in [3.63, 3.8) is 0 Å². The Balaban J connectivity index is 2.25. The summed E-state index contributed by atoms with van der Waals surface area (Å²) in [4.78, 5) is 13.5. The van der Waals surface area contributed by atoms with Crippen LogP contribution in [0, 0.1) is 6.92 Å². The topological polar surface area (TPSA) is 66.5 Å². The average Bonchev–Trinajstić information content (AvgIpc) is 3.07. The molecular weight excluding hydrogens is 308 g/mol. The fraction of sp³-hybridized carbons (Fsp3) is 0.643. The van der Waals surface area contributed by atoms with E-state index in [1.54, 1.807) is 6.92 Å². The molecule has 1 unspecified atom stereocenters. The number of nitrogens with one attached hydrogen (secondary N) is 1. The molecule has 1 aliphatic heterocycles. The predicted molar refractivity (Wildman–Crippen MR) is 84.3 cm³/mol. The van der Waals surface area contributed by atoms with E-state index in [1.807, 2.05) is 13.8 Å². The number of aryl methyl sites for hydroxylation is 1. The van der Waals surface area contributed by atoms with Gasteiger partial charge in [-0.15, -0.1) is 11.3 Å². The van der Waals surface area contributed by atoms with Crippen LogP contribution in [0.15, 0.2) is 11.0 Å². The first-order chi connectivity index (χ1) is 9.86. The number of thiophene rings is 1. The number of carbonyl (C=O) groups is 1. The normalized spacial score (nSPS) is 17.9. The second-order valence-electron chi connectivity index (χ2n) is 5.43. The number of amides is 1. The maximum atomic E-state index is 12.6. The Bertz CT molecular complexity index is 616. The highest BCUT2D eigenvalue weighted by Crippen LogP contribution is 2.30. The number of nitrogens with zero attached hydrogens (tertiary/aromatic N) is 1. The smallest absolute Gasteiger partial charge is 0.261 e. The second kappa shape index (κ2) is 6.46. The number of hydrogen-bond acceptors (Lipinski definition) is 4. The first kappa shape index (κ1) is 16.5. The van der Waals surface area contributed by atoms with Gasteiger partial charge < -0.3 is 5.32 Å². The van der Waals surface area contributed by atoms with E-state index in [4.69, 9.17) is 0 Å². The van der Waals surface area contributed by atoms with E-state index in [9.17, 15) is 13.2 Å². The monoisotopic (exact) mass is 330 g/mol. The van der Waals surface area contributed by atoms with Gasteiger partial charge in [-0.05, 0) is 39.2 Å². The van der Waals surface area contributed by atoms with E-state index in [1.165, 1.54) is 21.7 Å². The Morgan fingerprint density at radius 1 is 1.43 bits per heavy atom. The number of hydrogen-bond donors (Lipinski definition) is 1. The summed E-state index contributed by atoms with van der Waals surface area (Å²) in [5.74, 6) is -0.194. The van der Waals surface area contributed by atoms with Gasteiger partial charge in [0.25, 0.3) is 5.91 Å². The van der Waals surface area contributed by atoms with Crippen molar-refractivity contribution in [3.05, 3.63) is 15.8 Å². The van der Waals surface area contributed by atoms with Crippen LogP contribution in [0.1, 0.15) is 47.7 Å². The van der Waals surface area contributed by atoms with Crippen LogP contribution in [0.2, 0.25) is 0 Å².